The zero-order chi connectivity index (χ0) is 11.8. The van der Waals surface area contributed by atoms with E-state index in [1.807, 2.05) is 0 Å². The van der Waals surface area contributed by atoms with Crippen molar-refractivity contribution in [2.45, 2.75) is 6.92 Å². The van der Waals surface area contributed by atoms with Crippen molar-refractivity contribution in [3.63, 3.8) is 0 Å². The number of ether oxygens (including phenoxy) is 1. The van der Waals surface area contributed by atoms with Gasteiger partial charge in [-0.3, -0.25) is 10.0 Å². The van der Waals surface area contributed by atoms with Crippen LogP contribution in [0.25, 0.3) is 0 Å². The van der Waals surface area contributed by atoms with Crippen molar-refractivity contribution in [3.8, 4) is 0 Å². The molecule has 0 aliphatic rings. The summed E-state index contributed by atoms with van der Waals surface area (Å²) in [6.45, 7) is 1.02. The van der Waals surface area contributed by atoms with Crippen molar-refractivity contribution >= 4 is 11.9 Å². The van der Waals surface area contributed by atoms with Crippen LogP contribution in [0.3, 0.4) is 0 Å². The monoisotopic (exact) mass is 221 g/mol. The number of nitrogens with two attached hydrogens (primary N) is 1. The molecule has 0 rings (SSSR count). The van der Waals surface area contributed by atoms with Gasteiger partial charge in [0.05, 0.1) is 6.54 Å². The summed E-state index contributed by atoms with van der Waals surface area (Å²) >= 11 is 0. The van der Waals surface area contributed by atoms with Gasteiger partial charge >= 0.3 is 5.97 Å². The van der Waals surface area contributed by atoms with Gasteiger partial charge in [-0.1, -0.05) is 0 Å². The Bertz CT molecular complexity index is 267. The molecule has 0 aliphatic carbocycles. The van der Waals surface area contributed by atoms with Crippen molar-refractivity contribution < 1.29 is 19.8 Å². The van der Waals surface area contributed by atoms with Crippen molar-refractivity contribution in [2.75, 3.05) is 13.2 Å². The molecule has 4 N–H and O–H groups in total. The molecule has 0 aliphatic heterocycles. The van der Waals surface area contributed by atoms with E-state index in [0.29, 0.717) is 0 Å². The summed E-state index contributed by atoms with van der Waals surface area (Å²) in [4.78, 5) is 20.3. The van der Waals surface area contributed by atoms with Crippen molar-refractivity contribution in [1.82, 2.24) is 10.6 Å². The Morgan fingerprint density at radius 2 is 2.40 bits per heavy atom. The van der Waals surface area contributed by atoms with Gasteiger partial charge in [0.15, 0.2) is 5.03 Å². The minimum absolute atomic E-state index is 0.0841. The lowest BCUT2D eigenvalue weighted by molar-refractivity contribution is -0.486. The molecule has 10 heteroatoms. The number of carbonyl (C=O) groups is 1. The maximum absolute atomic E-state index is 10.4. The highest BCUT2D eigenvalue weighted by Gasteiger charge is 2.10. The molecule has 10 nitrogen and oxygen atoms in total. The van der Waals surface area contributed by atoms with Crippen LogP contribution in [0.4, 0.5) is 0 Å². The normalized spacial score (nSPS) is 10.9. The average molecular weight is 221 g/mol. The molecule has 15 heavy (non-hydrogen) atoms. The van der Waals surface area contributed by atoms with Crippen molar-refractivity contribution in [3.05, 3.63) is 10.1 Å². The molecule has 0 amide bonds. The maximum atomic E-state index is 10.4. The molecular formula is C5H11N5O5. The lowest BCUT2D eigenvalue weighted by Crippen LogP contribution is -2.47. The predicted octanol–water partition coefficient (Wildman–Crippen LogP) is -1.75. The van der Waals surface area contributed by atoms with E-state index in [2.05, 4.69) is 9.84 Å². The van der Waals surface area contributed by atoms with Gasteiger partial charge in [-0.25, -0.2) is 15.1 Å². The van der Waals surface area contributed by atoms with Gasteiger partial charge in [-0.15, -0.1) is 5.59 Å². The first-order chi connectivity index (χ1) is 6.97. The number of carbonyl (C=O) groups excluding carboxylic acids is 1. The number of nitro groups is 1. The zero-order valence-corrected chi connectivity index (χ0v) is 7.91. The summed E-state index contributed by atoms with van der Waals surface area (Å²) in [7, 11) is 0. The predicted molar refractivity (Wildman–Crippen MR) is 46.9 cm³/mol. The standard InChI is InChI=1S/C5H11N5O5/c1-4(11)15-3-2-9(8-12)5(6)7-10(13)14/h8,12H,2-3H2,1H3,(H2,6,7). The molecule has 0 saturated carbocycles. The van der Waals surface area contributed by atoms with Crippen LogP contribution in [0.1, 0.15) is 6.92 Å². The van der Waals surface area contributed by atoms with Crippen LogP contribution in [0.5, 0.6) is 0 Å². The molecule has 0 radical (unpaired) electrons. The van der Waals surface area contributed by atoms with Crippen molar-refractivity contribution in [1.29, 1.82) is 0 Å². The van der Waals surface area contributed by atoms with Crippen molar-refractivity contribution in [2.24, 2.45) is 10.8 Å². The molecule has 0 fully saturated rings. The second-order valence-electron chi connectivity index (χ2n) is 2.29. The summed E-state index contributed by atoms with van der Waals surface area (Å²) in [5, 5.41) is 20.9. The first kappa shape index (κ1) is 13.1. The average Bonchev–Trinajstić information content (AvgIpc) is 2.10. The van der Waals surface area contributed by atoms with Gasteiger partial charge in [-0.2, -0.15) is 0 Å². The van der Waals surface area contributed by atoms with E-state index in [1.54, 1.807) is 5.59 Å². The molecule has 0 bridgehead atoms. The van der Waals surface area contributed by atoms with Gasteiger partial charge < -0.3 is 10.5 Å². The number of hydrazine groups is 1. The maximum Gasteiger partial charge on any atom is 0.302 e. The molecule has 0 aromatic carbocycles. The number of hydrogen-bond donors (Lipinski definition) is 3. The number of rotatable bonds is 5. The SMILES string of the molecule is CC(=O)OCCN(NO)C(N)=N[N+](=O)[O-]. The molecule has 0 atom stereocenters. The molecular weight excluding hydrogens is 210 g/mol. The summed E-state index contributed by atoms with van der Waals surface area (Å²) in [6, 6.07) is 0. The number of hydrazone groups is 1. The third-order valence-corrected chi connectivity index (χ3v) is 1.20. The molecule has 0 saturated heterocycles. The zero-order valence-electron chi connectivity index (χ0n) is 7.91. The number of esters is 1. The second kappa shape index (κ2) is 6.50. The smallest absolute Gasteiger partial charge is 0.302 e. The third-order valence-electron chi connectivity index (χ3n) is 1.20. The summed E-state index contributed by atoms with van der Waals surface area (Å²) in [5.41, 5.74) is 6.68. The highest BCUT2D eigenvalue weighted by atomic mass is 16.7. The van der Waals surface area contributed by atoms with E-state index in [1.165, 1.54) is 6.92 Å². The number of nitrogens with zero attached hydrogens (tertiary/aromatic N) is 3. The van der Waals surface area contributed by atoms with Crippen LogP contribution in [0.15, 0.2) is 5.10 Å². The van der Waals surface area contributed by atoms with E-state index in [9.17, 15) is 14.9 Å². The lowest BCUT2D eigenvalue weighted by Gasteiger charge is -2.17. The van der Waals surface area contributed by atoms with Gasteiger partial charge in [-0.05, 0) is 0 Å². The Morgan fingerprint density at radius 3 is 2.80 bits per heavy atom. The Kier molecular flexibility index (Phi) is 5.66. The Morgan fingerprint density at radius 1 is 1.80 bits per heavy atom. The Hall–Kier alpha value is -1.94. The third kappa shape index (κ3) is 6.17. The van der Waals surface area contributed by atoms with E-state index < -0.39 is 17.0 Å². The molecule has 0 spiro atoms. The van der Waals surface area contributed by atoms with Crippen LogP contribution in [-0.4, -0.2) is 40.3 Å². The summed E-state index contributed by atoms with van der Waals surface area (Å²) in [5.74, 6) is -1.08. The number of nitrogens with one attached hydrogen (secondary N) is 1. The highest BCUT2D eigenvalue weighted by molar-refractivity contribution is 5.76. The van der Waals surface area contributed by atoms with Crippen LogP contribution in [0, 0.1) is 10.1 Å². The quantitative estimate of drug-likeness (QED) is 0.163. The van der Waals surface area contributed by atoms with E-state index in [4.69, 9.17) is 10.9 Å². The summed E-state index contributed by atoms with van der Waals surface area (Å²) in [6.07, 6.45) is 0. The minimum Gasteiger partial charge on any atom is -0.464 e. The number of hydrogen-bond acceptors (Lipinski definition) is 6. The van der Waals surface area contributed by atoms with E-state index >= 15 is 0 Å². The van der Waals surface area contributed by atoms with E-state index in [0.717, 1.165) is 5.01 Å². The molecule has 0 heterocycles. The fourth-order valence-electron chi connectivity index (χ4n) is 0.634. The first-order valence-corrected chi connectivity index (χ1v) is 3.76. The Labute approximate surface area is 84.4 Å². The van der Waals surface area contributed by atoms with E-state index in [-0.39, 0.29) is 13.2 Å². The summed E-state index contributed by atoms with van der Waals surface area (Å²) < 4.78 is 4.52. The van der Waals surface area contributed by atoms with Crippen LogP contribution < -0.4 is 11.3 Å². The highest BCUT2D eigenvalue weighted by Crippen LogP contribution is 1.85. The van der Waals surface area contributed by atoms with Crippen LogP contribution in [0.2, 0.25) is 0 Å². The molecule has 86 valence electrons. The van der Waals surface area contributed by atoms with Gasteiger partial charge in [0.1, 0.15) is 11.7 Å². The van der Waals surface area contributed by atoms with Gasteiger partial charge in [0.2, 0.25) is 0 Å². The minimum atomic E-state index is -1.02. The van der Waals surface area contributed by atoms with Crippen LogP contribution in [-0.2, 0) is 9.53 Å². The first-order valence-electron chi connectivity index (χ1n) is 3.76. The lowest BCUT2D eigenvalue weighted by atomic mass is 10.6. The second-order valence-corrected chi connectivity index (χ2v) is 2.29. The van der Waals surface area contributed by atoms with Gasteiger partial charge in [0, 0.05) is 6.92 Å². The topological polar surface area (TPSA) is 143 Å². The molecule has 0 unspecified atom stereocenters. The fourth-order valence-corrected chi connectivity index (χ4v) is 0.634. The van der Waals surface area contributed by atoms with Crippen LogP contribution >= 0.6 is 0 Å². The largest absolute Gasteiger partial charge is 0.464 e. The van der Waals surface area contributed by atoms with Gasteiger partial charge in [0.25, 0.3) is 5.96 Å². The molecule has 0 aromatic heterocycles. The fraction of sp³-hybridized carbons (Fsp3) is 0.600. The number of guanidine groups is 1. The molecule has 0 aromatic rings. The Balaban J connectivity index is 4.12.